The number of aliphatic hydroxyl groups is 1. The molecule has 32 heavy (non-hydrogen) atoms. The van der Waals surface area contributed by atoms with Gasteiger partial charge in [-0.05, 0) is 41.7 Å². The predicted octanol–water partition coefficient (Wildman–Crippen LogP) is 4.34. The van der Waals surface area contributed by atoms with Crippen LogP contribution in [0.15, 0.2) is 66.7 Å². The largest absolute Gasteiger partial charge is 0.375 e. The van der Waals surface area contributed by atoms with Gasteiger partial charge in [0.15, 0.2) is 11.4 Å². The molecule has 164 valence electrons. The number of nitrogens with zero attached hydrogens (tertiary/aromatic N) is 2. The average Bonchev–Trinajstić information content (AvgIpc) is 3.02. The highest BCUT2D eigenvalue weighted by Gasteiger charge is 2.51. The molecule has 0 aliphatic carbocycles. The number of rotatable bonds is 5. The van der Waals surface area contributed by atoms with Crippen LogP contribution in [-0.2, 0) is 10.4 Å². The lowest BCUT2D eigenvalue weighted by molar-refractivity contribution is -0.136. The Morgan fingerprint density at radius 3 is 2.47 bits per heavy atom. The Morgan fingerprint density at radius 1 is 1.00 bits per heavy atom. The number of piperidine rings is 1. The summed E-state index contributed by atoms with van der Waals surface area (Å²) in [5.41, 5.74) is -0.122. The Bertz CT molecular complexity index is 1180. The summed E-state index contributed by atoms with van der Waals surface area (Å²) in [6.07, 6.45) is 1.94. The summed E-state index contributed by atoms with van der Waals surface area (Å²) < 4.78 is 0. The molecule has 1 N–H and O–H groups in total. The SMILES string of the molecule is CC1CCN(CN2C(=O)C(O)(CC(=O)c3ccc4ccccc4c3)c3ccccc32)CC1. The van der Waals surface area contributed by atoms with Gasteiger partial charge in [0, 0.05) is 24.2 Å². The first-order chi connectivity index (χ1) is 15.5. The van der Waals surface area contributed by atoms with Gasteiger partial charge < -0.3 is 5.11 Å². The lowest BCUT2D eigenvalue weighted by Crippen LogP contribution is -2.48. The lowest BCUT2D eigenvalue weighted by atomic mass is 9.88. The van der Waals surface area contributed by atoms with E-state index in [1.165, 1.54) is 0 Å². The smallest absolute Gasteiger partial charge is 0.265 e. The summed E-state index contributed by atoms with van der Waals surface area (Å²) in [5.74, 6) is 0.0471. The van der Waals surface area contributed by atoms with E-state index >= 15 is 0 Å². The summed E-state index contributed by atoms with van der Waals surface area (Å²) in [5, 5.41) is 13.6. The fourth-order valence-corrected chi connectivity index (χ4v) is 4.92. The molecule has 3 aromatic rings. The maximum Gasteiger partial charge on any atom is 0.265 e. The standard InChI is InChI=1S/C27H28N2O3/c1-19-12-14-28(15-13-19)18-29-24-9-5-4-8-23(24)27(32,26(29)31)17-25(30)22-11-10-20-6-2-3-7-21(20)16-22/h2-11,16,19,32H,12-15,17-18H2,1H3. The van der Waals surface area contributed by atoms with E-state index in [0.717, 1.165) is 36.7 Å². The highest BCUT2D eigenvalue weighted by Crippen LogP contribution is 2.43. The maximum absolute atomic E-state index is 13.5. The summed E-state index contributed by atoms with van der Waals surface area (Å²) in [6, 6.07) is 20.6. The highest BCUT2D eigenvalue weighted by molar-refractivity contribution is 6.11. The number of ketones is 1. The van der Waals surface area contributed by atoms with E-state index in [-0.39, 0.29) is 12.2 Å². The van der Waals surface area contributed by atoms with Gasteiger partial charge >= 0.3 is 0 Å². The third-order valence-electron chi connectivity index (χ3n) is 6.94. The quantitative estimate of drug-likeness (QED) is 0.615. The van der Waals surface area contributed by atoms with Gasteiger partial charge in [0.2, 0.25) is 0 Å². The van der Waals surface area contributed by atoms with Gasteiger partial charge in [0.1, 0.15) is 0 Å². The monoisotopic (exact) mass is 428 g/mol. The number of likely N-dealkylation sites (tertiary alicyclic amines) is 1. The number of Topliss-reactive ketones (excluding diaryl/α,β-unsaturated/α-hetero) is 1. The zero-order chi connectivity index (χ0) is 22.3. The minimum Gasteiger partial charge on any atom is -0.375 e. The zero-order valence-corrected chi connectivity index (χ0v) is 18.3. The van der Waals surface area contributed by atoms with E-state index in [1.54, 1.807) is 17.0 Å². The van der Waals surface area contributed by atoms with Gasteiger partial charge in [-0.2, -0.15) is 0 Å². The highest BCUT2D eigenvalue weighted by atomic mass is 16.3. The fourth-order valence-electron chi connectivity index (χ4n) is 4.92. The number of benzene rings is 3. The van der Waals surface area contributed by atoms with E-state index in [0.29, 0.717) is 29.4 Å². The third-order valence-corrected chi connectivity index (χ3v) is 6.94. The molecule has 0 bridgehead atoms. The van der Waals surface area contributed by atoms with E-state index in [9.17, 15) is 14.7 Å². The second kappa shape index (κ2) is 8.15. The summed E-state index contributed by atoms with van der Waals surface area (Å²) in [4.78, 5) is 30.6. The molecule has 0 spiro atoms. The lowest BCUT2D eigenvalue weighted by Gasteiger charge is -2.34. The minimum atomic E-state index is -1.84. The number of carbonyl (C=O) groups is 2. The molecule has 0 radical (unpaired) electrons. The van der Waals surface area contributed by atoms with Crippen molar-refractivity contribution in [2.45, 2.75) is 31.8 Å². The van der Waals surface area contributed by atoms with Gasteiger partial charge in [0.25, 0.3) is 5.91 Å². The molecule has 5 nitrogen and oxygen atoms in total. The molecule has 1 amide bonds. The van der Waals surface area contributed by atoms with Crippen molar-refractivity contribution in [1.29, 1.82) is 0 Å². The summed E-state index contributed by atoms with van der Waals surface area (Å²) >= 11 is 0. The minimum absolute atomic E-state index is 0.241. The number of hydrogen-bond acceptors (Lipinski definition) is 4. The molecular weight excluding hydrogens is 400 g/mol. The topological polar surface area (TPSA) is 60.9 Å². The number of hydrogen-bond donors (Lipinski definition) is 1. The van der Waals surface area contributed by atoms with Crippen molar-refractivity contribution in [3.63, 3.8) is 0 Å². The molecule has 2 aliphatic heterocycles. The Kier molecular flexibility index (Phi) is 5.31. The summed E-state index contributed by atoms with van der Waals surface area (Å²) in [6.45, 7) is 4.56. The number of para-hydroxylation sites is 1. The van der Waals surface area contributed by atoms with Crippen LogP contribution in [0, 0.1) is 5.92 Å². The van der Waals surface area contributed by atoms with Gasteiger partial charge in [-0.1, -0.05) is 61.5 Å². The van der Waals surface area contributed by atoms with Crippen molar-refractivity contribution in [2.75, 3.05) is 24.7 Å². The number of amides is 1. The van der Waals surface area contributed by atoms with E-state index in [2.05, 4.69) is 11.8 Å². The molecule has 1 atom stereocenters. The van der Waals surface area contributed by atoms with Crippen LogP contribution in [0.3, 0.4) is 0 Å². The van der Waals surface area contributed by atoms with Crippen LogP contribution in [0.5, 0.6) is 0 Å². The van der Waals surface area contributed by atoms with E-state index in [1.807, 2.05) is 54.6 Å². The van der Waals surface area contributed by atoms with Crippen LogP contribution < -0.4 is 4.90 Å². The van der Waals surface area contributed by atoms with Gasteiger partial charge in [-0.25, -0.2) is 0 Å². The molecule has 1 fully saturated rings. The van der Waals surface area contributed by atoms with Crippen LogP contribution in [0.1, 0.15) is 42.1 Å². The zero-order valence-electron chi connectivity index (χ0n) is 18.3. The normalized spacial score (nSPS) is 21.8. The van der Waals surface area contributed by atoms with Crippen molar-refractivity contribution in [2.24, 2.45) is 5.92 Å². The Morgan fingerprint density at radius 2 is 1.69 bits per heavy atom. The first-order valence-electron chi connectivity index (χ1n) is 11.3. The molecule has 2 heterocycles. The van der Waals surface area contributed by atoms with Crippen molar-refractivity contribution in [3.05, 3.63) is 77.9 Å². The molecule has 2 aliphatic rings. The van der Waals surface area contributed by atoms with Crippen LogP contribution in [0.25, 0.3) is 10.8 Å². The van der Waals surface area contributed by atoms with E-state index in [4.69, 9.17) is 0 Å². The van der Waals surface area contributed by atoms with Crippen molar-refractivity contribution < 1.29 is 14.7 Å². The Hall–Kier alpha value is -3.02. The molecular formula is C27H28N2O3. The molecule has 3 aromatic carbocycles. The maximum atomic E-state index is 13.5. The first-order valence-corrected chi connectivity index (χ1v) is 11.3. The second-order valence-corrected chi connectivity index (χ2v) is 9.21. The number of carbonyl (C=O) groups excluding carboxylic acids is 2. The molecule has 1 unspecified atom stereocenters. The Balaban J connectivity index is 1.42. The fraction of sp³-hybridized carbons (Fsp3) is 0.333. The van der Waals surface area contributed by atoms with Crippen molar-refractivity contribution in [3.8, 4) is 0 Å². The molecule has 1 saturated heterocycles. The van der Waals surface area contributed by atoms with Crippen molar-refractivity contribution in [1.82, 2.24) is 4.90 Å². The summed E-state index contributed by atoms with van der Waals surface area (Å²) in [7, 11) is 0. The average molecular weight is 429 g/mol. The third kappa shape index (κ3) is 3.61. The molecule has 5 heteroatoms. The first kappa shape index (κ1) is 20.9. The van der Waals surface area contributed by atoms with E-state index < -0.39 is 11.5 Å². The second-order valence-electron chi connectivity index (χ2n) is 9.21. The van der Waals surface area contributed by atoms with Crippen molar-refractivity contribution >= 4 is 28.2 Å². The molecule has 5 rings (SSSR count). The molecule has 0 aromatic heterocycles. The van der Waals surface area contributed by atoms with Crippen LogP contribution >= 0.6 is 0 Å². The number of fused-ring (bicyclic) bond motifs is 2. The molecule has 0 saturated carbocycles. The Labute approximate surface area is 188 Å². The van der Waals surface area contributed by atoms with Crippen LogP contribution in [0.4, 0.5) is 5.69 Å². The van der Waals surface area contributed by atoms with Gasteiger partial charge in [0.05, 0.1) is 18.8 Å². The van der Waals surface area contributed by atoms with Crippen LogP contribution in [0.2, 0.25) is 0 Å². The van der Waals surface area contributed by atoms with Gasteiger partial charge in [-0.3, -0.25) is 19.4 Å². The van der Waals surface area contributed by atoms with Gasteiger partial charge in [-0.15, -0.1) is 0 Å². The number of anilines is 1. The predicted molar refractivity (Wildman–Crippen MR) is 126 cm³/mol. The van der Waals surface area contributed by atoms with Crippen LogP contribution in [-0.4, -0.2) is 41.5 Å².